The van der Waals surface area contributed by atoms with Crippen LogP contribution in [-0.4, -0.2) is 27.4 Å². The van der Waals surface area contributed by atoms with Crippen LogP contribution in [0.15, 0.2) is 52.9 Å². The molecule has 0 aliphatic carbocycles. The van der Waals surface area contributed by atoms with Gasteiger partial charge in [0.25, 0.3) is 0 Å². The molecule has 10 heteroatoms. The molecule has 0 fully saturated rings. The highest BCUT2D eigenvalue weighted by Crippen LogP contribution is 2.27. The van der Waals surface area contributed by atoms with E-state index >= 15 is 0 Å². The number of ether oxygens (including phenoxy) is 1. The first kappa shape index (κ1) is 20.2. The maximum absolute atomic E-state index is 12.1. The van der Waals surface area contributed by atoms with Crippen molar-refractivity contribution in [2.24, 2.45) is 0 Å². The number of carbonyl (C=O) groups is 1. The Morgan fingerprint density at radius 2 is 1.89 bits per heavy atom. The third-order valence-electron chi connectivity index (χ3n) is 3.49. The van der Waals surface area contributed by atoms with Crippen molar-refractivity contribution >= 4 is 34.9 Å². The van der Waals surface area contributed by atoms with E-state index in [1.54, 1.807) is 0 Å². The molecule has 0 aliphatic heterocycles. The third-order valence-corrected chi connectivity index (χ3v) is 5.33. The molecule has 2 aromatic carbocycles. The zero-order valence-electron chi connectivity index (χ0n) is 14.5. The second-order valence-corrected chi connectivity index (χ2v) is 7.58. The van der Waals surface area contributed by atoms with Crippen LogP contribution in [0.1, 0.15) is 5.56 Å². The second-order valence-electron chi connectivity index (χ2n) is 5.61. The Morgan fingerprint density at radius 3 is 2.57 bits per heavy atom. The van der Waals surface area contributed by atoms with Crippen LogP contribution in [0.2, 0.25) is 0 Å². The Kier molecular flexibility index (Phi) is 6.20. The predicted molar refractivity (Wildman–Crippen MR) is 103 cm³/mol. The van der Waals surface area contributed by atoms with Crippen LogP contribution < -0.4 is 10.1 Å². The molecule has 0 saturated heterocycles. The van der Waals surface area contributed by atoms with Crippen molar-refractivity contribution in [2.75, 3.05) is 11.1 Å². The monoisotopic (exact) mass is 425 g/mol. The SMILES string of the molecule is Cc1ccccc1-c1nsc(SCC(=O)Nc2ccc(OC(F)(F)F)cc2)n1. The summed E-state index contributed by atoms with van der Waals surface area (Å²) < 4.78 is 45.2. The van der Waals surface area contributed by atoms with Gasteiger partial charge in [-0.1, -0.05) is 36.0 Å². The first-order valence-corrected chi connectivity index (χ1v) is 9.74. The van der Waals surface area contributed by atoms with E-state index in [4.69, 9.17) is 0 Å². The van der Waals surface area contributed by atoms with E-state index in [0.717, 1.165) is 23.3 Å². The predicted octanol–water partition coefficient (Wildman–Crippen LogP) is 5.14. The molecule has 3 rings (SSSR count). The van der Waals surface area contributed by atoms with Gasteiger partial charge in [0.1, 0.15) is 5.75 Å². The Morgan fingerprint density at radius 1 is 1.18 bits per heavy atom. The lowest BCUT2D eigenvalue weighted by atomic mass is 10.1. The molecule has 146 valence electrons. The number of carbonyl (C=O) groups excluding carboxylic acids is 1. The number of hydrogen-bond acceptors (Lipinski definition) is 6. The fourth-order valence-electron chi connectivity index (χ4n) is 2.27. The molecule has 5 nitrogen and oxygen atoms in total. The van der Waals surface area contributed by atoms with Crippen molar-refractivity contribution in [3.05, 3.63) is 54.1 Å². The number of halogens is 3. The van der Waals surface area contributed by atoms with Gasteiger partial charge in [-0.05, 0) is 48.3 Å². The molecule has 0 aliphatic rings. The van der Waals surface area contributed by atoms with Gasteiger partial charge in [-0.25, -0.2) is 4.98 Å². The molecule has 0 atom stereocenters. The maximum atomic E-state index is 12.1. The molecule has 1 N–H and O–H groups in total. The zero-order chi connectivity index (χ0) is 20.1. The average molecular weight is 425 g/mol. The Hall–Kier alpha value is -2.59. The standard InChI is InChI=1S/C18H14F3N3O2S2/c1-11-4-2-3-5-14(11)16-23-17(28-24-16)27-10-15(25)22-12-6-8-13(9-7-12)26-18(19,20)21/h2-9H,10H2,1H3,(H,22,25). The van der Waals surface area contributed by atoms with Crippen LogP contribution in [0.25, 0.3) is 11.4 Å². The summed E-state index contributed by atoms with van der Waals surface area (Å²) in [6, 6.07) is 12.7. The average Bonchev–Trinajstić information content (AvgIpc) is 3.10. The van der Waals surface area contributed by atoms with E-state index in [2.05, 4.69) is 19.4 Å². The van der Waals surface area contributed by atoms with Gasteiger partial charge in [-0.15, -0.1) is 13.2 Å². The van der Waals surface area contributed by atoms with Gasteiger partial charge >= 0.3 is 6.36 Å². The normalized spacial score (nSPS) is 11.3. The summed E-state index contributed by atoms with van der Waals surface area (Å²) >= 11 is 2.45. The summed E-state index contributed by atoms with van der Waals surface area (Å²) in [6.45, 7) is 1.97. The minimum Gasteiger partial charge on any atom is -0.406 e. The van der Waals surface area contributed by atoms with Crippen LogP contribution >= 0.6 is 23.3 Å². The van der Waals surface area contributed by atoms with Crippen molar-refractivity contribution < 1.29 is 22.7 Å². The molecule has 1 aromatic heterocycles. The molecule has 1 heterocycles. The van der Waals surface area contributed by atoms with Crippen molar-refractivity contribution in [1.82, 2.24) is 9.36 Å². The lowest BCUT2D eigenvalue weighted by molar-refractivity contribution is -0.274. The summed E-state index contributed by atoms with van der Waals surface area (Å²) in [7, 11) is 0. The van der Waals surface area contributed by atoms with Crippen LogP contribution in [0, 0.1) is 6.92 Å². The number of benzene rings is 2. The number of thioether (sulfide) groups is 1. The van der Waals surface area contributed by atoms with Crippen molar-refractivity contribution in [1.29, 1.82) is 0 Å². The number of alkyl halides is 3. The molecule has 0 radical (unpaired) electrons. The first-order chi connectivity index (χ1) is 13.3. The maximum Gasteiger partial charge on any atom is 0.573 e. The Bertz CT molecular complexity index is 959. The summed E-state index contributed by atoms with van der Waals surface area (Å²) in [5, 5.41) is 2.61. The van der Waals surface area contributed by atoms with Gasteiger partial charge in [0.15, 0.2) is 10.2 Å². The van der Waals surface area contributed by atoms with Crippen LogP contribution in [0.5, 0.6) is 5.75 Å². The van der Waals surface area contributed by atoms with E-state index < -0.39 is 6.36 Å². The quantitative estimate of drug-likeness (QED) is 0.554. The van der Waals surface area contributed by atoms with Gasteiger partial charge in [0.05, 0.1) is 5.75 Å². The summed E-state index contributed by atoms with van der Waals surface area (Å²) in [4.78, 5) is 16.5. The number of nitrogens with one attached hydrogen (secondary N) is 1. The van der Waals surface area contributed by atoms with E-state index in [0.29, 0.717) is 15.9 Å². The molecule has 3 aromatic rings. The van der Waals surface area contributed by atoms with Crippen molar-refractivity contribution in [3.63, 3.8) is 0 Å². The second kappa shape index (κ2) is 8.61. The van der Waals surface area contributed by atoms with Gasteiger partial charge < -0.3 is 10.1 Å². The summed E-state index contributed by atoms with van der Waals surface area (Å²) in [5.74, 6) is 0.0642. The molecule has 0 spiro atoms. The van der Waals surface area contributed by atoms with E-state index in [1.165, 1.54) is 35.4 Å². The Balaban J connectivity index is 1.53. The molecule has 0 saturated carbocycles. The summed E-state index contributed by atoms with van der Waals surface area (Å²) in [5.41, 5.74) is 2.38. The minimum atomic E-state index is -4.75. The van der Waals surface area contributed by atoms with E-state index in [9.17, 15) is 18.0 Å². The molecular weight excluding hydrogens is 411 g/mol. The van der Waals surface area contributed by atoms with Gasteiger partial charge in [0, 0.05) is 11.3 Å². The lowest BCUT2D eigenvalue weighted by Gasteiger charge is -2.09. The highest BCUT2D eigenvalue weighted by Gasteiger charge is 2.30. The molecule has 0 bridgehead atoms. The number of nitrogens with zero attached hydrogens (tertiary/aromatic N) is 2. The van der Waals surface area contributed by atoms with Crippen LogP contribution in [0.4, 0.5) is 18.9 Å². The van der Waals surface area contributed by atoms with Crippen LogP contribution in [-0.2, 0) is 4.79 Å². The summed E-state index contributed by atoms with van der Waals surface area (Å²) in [6.07, 6.45) is -4.75. The van der Waals surface area contributed by atoms with Crippen molar-refractivity contribution in [2.45, 2.75) is 17.6 Å². The minimum absolute atomic E-state index is 0.100. The zero-order valence-corrected chi connectivity index (χ0v) is 16.1. The molecular formula is C18H14F3N3O2S2. The number of hydrogen-bond donors (Lipinski definition) is 1. The van der Waals surface area contributed by atoms with Crippen molar-refractivity contribution in [3.8, 4) is 17.1 Å². The number of rotatable bonds is 6. The number of anilines is 1. The van der Waals surface area contributed by atoms with Gasteiger partial charge in [0.2, 0.25) is 5.91 Å². The molecule has 0 unspecified atom stereocenters. The number of aryl methyl sites for hydroxylation is 1. The van der Waals surface area contributed by atoms with Gasteiger partial charge in [-0.3, -0.25) is 4.79 Å². The topological polar surface area (TPSA) is 64.1 Å². The fourth-order valence-corrected chi connectivity index (χ4v) is 3.67. The highest BCUT2D eigenvalue weighted by molar-refractivity contribution is 8.01. The van der Waals surface area contributed by atoms with E-state index in [1.807, 2.05) is 31.2 Å². The fraction of sp³-hybridized carbons (Fsp3) is 0.167. The number of amides is 1. The lowest BCUT2D eigenvalue weighted by Crippen LogP contribution is -2.17. The number of aromatic nitrogens is 2. The Labute approximate surface area is 167 Å². The first-order valence-electron chi connectivity index (χ1n) is 7.98. The third kappa shape index (κ3) is 5.70. The van der Waals surface area contributed by atoms with Crippen LogP contribution in [0.3, 0.4) is 0 Å². The smallest absolute Gasteiger partial charge is 0.406 e. The van der Waals surface area contributed by atoms with Gasteiger partial charge in [-0.2, -0.15) is 4.37 Å². The molecule has 28 heavy (non-hydrogen) atoms. The largest absolute Gasteiger partial charge is 0.573 e. The van der Waals surface area contributed by atoms with E-state index in [-0.39, 0.29) is 17.4 Å². The highest BCUT2D eigenvalue weighted by atomic mass is 32.2. The molecule has 1 amide bonds.